The first-order valence-corrected chi connectivity index (χ1v) is 9.14. The summed E-state index contributed by atoms with van der Waals surface area (Å²) in [6.45, 7) is 4.22. The van der Waals surface area contributed by atoms with Gasteiger partial charge in [-0.15, -0.1) is 11.8 Å². The second-order valence-corrected chi connectivity index (χ2v) is 7.37. The third-order valence-electron chi connectivity index (χ3n) is 3.62. The molecule has 0 fully saturated rings. The first-order valence-electron chi connectivity index (χ1n) is 8.16. The number of carbonyl (C=O) groups excluding carboxylic acids is 1. The number of halogens is 4. The number of anilines is 1. The molecule has 0 aliphatic rings. The average Bonchev–Trinajstić information content (AvgIpc) is 2.57. The minimum atomic E-state index is -1.61. The second-order valence-electron chi connectivity index (χ2n) is 6.24. The largest absolute Gasteiger partial charge is 0.322 e. The normalized spacial score (nSPS) is 11.0. The lowest BCUT2D eigenvalue weighted by atomic mass is 10.1. The third kappa shape index (κ3) is 5.49. The maximum atomic E-state index is 13.9. The molecule has 2 nitrogen and oxygen atoms in total. The monoisotopic (exact) mass is 385 g/mol. The fraction of sp³-hybridized carbons (Fsp3) is 0.316. The van der Waals surface area contributed by atoms with Crippen LogP contribution in [0.25, 0.3) is 0 Å². The molecule has 140 valence electrons. The topological polar surface area (TPSA) is 29.1 Å². The molecule has 0 spiro atoms. The summed E-state index contributed by atoms with van der Waals surface area (Å²) in [5.41, 5.74) is -0.0789. The van der Waals surface area contributed by atoms with Crippen molar-refractivity contribution >= 4 is 23.4 Å². The number of thioether (sulfide) groups is 1. The van der Waals surface area contributed by atoms with Gasteiger partial charge in [0, 0.05) is 28.3 Å². The van der Waals surface area contributed by atoms with Gasteiger partial charge in [-0.2, -0.15) is 0 Å². The number of nitrogens with one attached hydrogen (secondary N) is 1. The summed E-state index contributed by atoms with van der Waals surface area (Å²) in [7, 11) is 0. The molecule has 0 saturated carbocycles. The van der Waals surface area contributed by atoms with Gasteiger partial charge in [-0.3, -0.25) is 4.79 Å². The van der Waals surface area contributed by atoms with E-state index in [-0.39, 0.29) is 11.3 Å². The van der Waals surface area contributed by atoms with Gasteiger partial charge in [0.25, 0.3) is 5.91 Å². The lowest BCUT2D eigenvalue weighted by Crippen LogP contribution is -2.13. The summed E-state index contributed by atoms with van der Waals surface area (Å²) in [5, 5.41) is 2.28. The van der Waals surface area contributed by atoms with E-state index in [1.165, 1.54) is 30.0 Å². The Morgan fingerprint density at radius 3 is 2.31 bits per heavy atom. The van der Waals surface area contributed by atoms with E-state index in [9.17, 15) is 22.4 Å². The molecule has 2 aromatic rings. The molecule has 0 aliphatic carbocycles. The molecule has 0 atom stereocenters. The smallest absolute Gasteiger partial charge is 0.255 e. The van der Waals surface area contributed by atoms with Crippen molar-refractivity contribution in [3.63, 3.8) is 0 Å². The van der Waals surface area contributed by atoms with Crippen LogP contribution in [0.1, 0.15) is 37.0 Å². The second kappa shape index (κ2) is 9.07. The molecule has 0 aliphatic heterocycles. The highest BCUT2D eigenvalue weighted by molar-refractivity contribution is 7.99. The molecule has 1 N–H and O–H groups in total. The van der Waals surface area contributed by atoms with Gasteiger partial charge in [-0.05, 0) is 36.3 Å². The fourth-order valence-corrected chi connectivity index (χ4v) is 3.21. The Morgan fingerprint density at radius 2 is 1.69 bits per heavy atom. The summed E-state index contributed by atoms with van der Waals surface area (Å²) in [5.74, 6) is -4.23. The van der Waals surface area contributed by atoms with Crippen molar-refractivity contribution in [2.24, 2.45) is 5.92 Å². The number of carbonyl (C=O) groups is 1. The van der Waals surface area contributed by atoms with Crippen molar-refractivity contribution in [1.82, 2.24) is 0 Å². The van der Waals surface area contributed by atoms with Crippen molar-refractivity contribution < 1.29 is 22.4 Å². The summed E-state index contributed by atoms with van der Waals surface area (Å²) in [4.78, 5) is 12.6. The van der Waals surface area contributed by atoms with Crippen LogP contribution in [0.3, 0.4) is 0 Å². The van der Waals surface area contributed by atoms with E-state index in [2.05, 4.69) is 19.2 Å². The van der Waals surface area contributed by atoms with Gasteiger partial charge in [0.1, 0.15) is 5.82 Å². The van der Waals surface area contributed by atoms with Gasteiger partial charge < -0.3 is 5.32 Å². The molecule has 0 radical (unpaired) electrons. The van der Waals surface area contributed by atoms with Gasteiger partial charge in [0.05, 0.1) is 0 Å². The van der Waals surface area contributed by atoms with Crippen molar-refractivity contribution in [2.45, 2.75) is 31.6 Å². The highest BCUT2D eigenvalue weighted by atomic mass is 32.2. The Morgan fingerprint density at radius 1 is 1.04 bits per heavy atom. The van der Waals surface area contributed by atoms with Gasteiger partial charge in [0.15, 0.2) is 17.5 Å². The Balaban J connectivity index is 2.08. The molecule has 0 aromatic heterocycles. The minimum Gasteiger partial charge on any atom is -0.322 e. The van der Waals surface area contributed by atoms with Crippen LogP contribution in [-0.2, 0) is 0 Å². The van der Waals surface area contributed by atoms with Gasteiger partial charge in [-0.1, -0.05) is 20.3 Å². The molecule has 0 bridgehead atoms. The maximum Gasteiger partial charge on any atom is 0.255 e. The molecule has 2 rings (SSSR count). The summed E-state index contributed by atoms with van der Waals surface area (Å²) in [6, 6.07) is 5.20. The van der Waals surface area contributed by atoms with E-state index < -0.39 is 29.2 Å². The zero-order valence-electron chi connectivity index (χ0n) is 14.4. The lowest BCUT2D eigenvalue weighted by Gasteiger charge is -2.09. The Bertz CT molecular complexity index is 772. The van der Waals surface area contributed by atoms with Gasteiger partial charge >= 0.3 is 0 Å². The van der Waals surface area contributed by atoms with Crippen molar-refractivity contribution in [3.05, 3.63) is 59.2 Å². The predicted octanol–water partition coefficient (Wildman–Crippen LogP) is 6.02. The summed E-state index contributed by atoms with van der Waals surface area (Å²) < 4.78 is 53.3. The summed E-state index contributed by atoms with van der Waals surface area (Å²) >= 11 is 1.31. The van der Waals surface area contributed by atoms with Crippen LogP contribution in [0.5, 0.6) is 0 Å². The van der Waals surface area contributed by atoms with Crippen molar-refractivity contribution in [3.8, 4) is 0 Å². The van der Waals surface area contributed by atoms with Crippen LogP contribution in [0.15, 0.2) is 35.2 Å². The molecule has 0 heterocycles. The van der Waals surface area contributed by atoms with E-state index in [1.54, 1.807) is 0 Å². The highest BCUT2D eigenvalue weighted by Crippen LogP contribution is 2.25. The lowest BCUT2D eigenvalue weighted by molar-refractivity contribution is 0.102. The van der Waals surface area contributed by atoms with Gasteiger partial charge in [-0.25, -0.2) is 17.6 Å². The SMILES string of the molecule is CC(C)CCCSc1cc(C(=O)Nc2cc(F)c(F)c(F)c2)ccc1F. The molecule has 0 saturated heterocycles. The van der Waals surface area contributed by atoms with Gasteiger partial charge in [0.2, 0.25) is 0 Å². The first kappa shape index (κ1) is 20.3. The molecular weight excluding hydrogens is 366 g/mol. The first-order chi connectivity index (χ1) is 12.3. The fourth-order valence-electron chi connectivity index (χ4n) is 2.26. The number of hydrogen-bond donors (Lipinski definition) is 1. The van der Waals surface area contributed by atoms with Crippen molar-refractivity contribution in [2.75, 3.05) is 11.1 Å². The number of amides is 1. The Labute approximate surface area is 154 Å². The third-order valence-corrected chi connectivity index (χ3v) is 4.74. The predicted molar refractivity (Wildman–Crippen MR) is 95.5 cm³/mol. The standard InChI is InChI=1S/C19H19F4NOS/c1-11(2)4-3-7-26-17-8-12(5-6-14(17)20)19(25)24-13-9-15(21)18(23)16(22)10-13/h5-6,8-11H,3-4,7H2,1-2H3,(H,24,25). The molecule has 7 heteroatoms. The average molecular weight is 385 g/mol. The van der Waals surface area contributed by atoms with Crippen LogP contribution in [0, 0.1) is 29.2 Å². The summed E-state index contributed by atoms with van der Waals surface area (Å²) in [6.07, 6.45) is 1.95. The number of hydrogen-bond acceptors (Lipinski definition) is 2. The van der Waals surface area contributed by atoms with Crippen LogP contribution >= 0.6 is 11.8 Å². The molecular formula is C19H19F4NOS. The molecule has 1 amide bonds. The molecule has 0 unspecified atom stereocenters. The molecule has 2 aromatic carbocycles. The van der Waals surface area contributed by atoms with Crippen LogP contribution in [0.4, 0.5) is 23.2 Å². The van der Waals surface area contributed by atoms with E-state index >= 15 is 0 Å². The number of rotatable bonds is 7. The zero-order valence-corrected chi connectivity index (χ0v) is 15.2. The zero-order chi connectivity index (χ0) is 19.3. The van der Waals surface area contributed by atoms with E-state index in [1.807, 2.05) is 0 Å². The van der Waals surface area contributed by atoms with Crippen LogP contribution in [0.2, 0.25) is 0 Å². The van der Waals surface area contributed by atoms with Crippen LogP contribution < -0.4 is 5.32 Å². The van der Waals surface area contributed by atoms with E-state index in [4.69, 9.17) is 0 Å². The Hall–Kier alpha value is -2.02. The van der Waals surface area contributed by atoms with E-state index in [0.717, 1.165) is 12.8 Å². The van der Waals surface area contributed by atoms with Crippen LogP contribution in [-0.4, -0.2) is 11.7 Å². The quantitative estimate of drug-likeness (QED) is 0.273. The highest BCUT2D eigenvalue weighted by Gasteiger charge is 2.14. The maximum absolute atomic E-state index is 13.9. The molecule has 26 heavy (non-hydrogen) atoms. The van der Waals surface area contributed by atoms with E-state index in [0.29, 0.717) is 28.7 Å². The minimum absolute atomic E-state index is 0.142. The Kier molecular flexibility index (Phi) is 7.08. The van der Waals surface area contributed by atoms with Crippen molar-refractivity contribution in [1.29, 1.82) is 0 Å². The number of benzene rings is 2.